The van der Waals surface area contributed by atoms with Gasteiger partial charge in [-0.05, 0) is 42.5 Å². The molecule has 0 heterocycles. The largest absolute Gasteiger partial charge is 0.324 e. The van der Waals surface area contributed by atoms with Crippen molar-refractivity contribution in [1.29, 1.82) is 0 Å². The van der Waals surface area contributed by atoms with Gasteiger partial charge in [-0.25, -0.2) is 8.42 Å². The van der Waals surface area contributed by atoms with Crippen LogP contribution < -0.4 is 9.62 Å². The number of carbonyl (C=O) groups excluding carboxylic acids is 1. The van der Waals surface area contributed by atoms with Crippen molar-refractivity contribution in [2.45, 2.75) is 33.6 Å². The predicted octanol–water partition coefficient (Wildman–Crippen LogP) is 3.52. The maximum Gasteiger partial charge on any atom is 0.245 e. The maximum absolute atomic E-state index is 12.7. The van der Waals surface area contributed by atoms with Gasteiger partial charge in [0.1, 0.15) is 6.54 Å². The maximum atomic E-state index is 12.7. The molecular formula is C20H26N2O3S. The predicted molar refractivity (Wildman–Crippen MR) is 107 cm³/mol. The zero-order valence-electron chi connectivity index (χ0n) is 15.7. The number of carbonyl (C=O) groups is 1. The molecule has 140 valence electrons. The molecule has 0 fully saturated rings. The van der Waals surface area contributed by atoms with E-state index in [-0.39, 0.29) is 12.5 Å². The summed E-state index contributed by atoms with van der Waals surface area (Å²) in [5, 5.41) is 2.93. The molecule has 0 radical (unpaired) electrons. The second kappa shape index (κ2) is 8.36. The lowest BCUT2D eigenvalue weighted by Gasteiger charge is -2.24. The van der Waals surface area contributed by atoms with Crippen LogP contribution in [0.1, 0.15) is 30.5 Å². The highest BCUT2D eigenvalue weighted by molar-refractivity contribution is 7.92. The Labute approximate surface area is 156 Å². The summed E-state index contributed by atoms with van der Waals surface area (Å²) < 4.78 is 25.7. The van der Waals surface area contributed by atoms with Gasteiger partial charge in [0.25, 0.3) is 0 Å². The fraction of sp³-hybridized carbons (Fsp3) is 0.350. The van der Waals surface area contributed by atoms with E-state index in [0.29, 0.717) is 5.69 Å². The summed E-state index contributed by atoms with van der Waals surface area (Å²) in [4.78, 5) is 12.7. The van der Waals surface area contributed by atoms with E-state index in [1.165, 1.54) is 0 Å². The second-order valence-electron chi connectivity index (χ2n) is 6.26. The Kier molecular flexibility index (Phi) is 6.42. The van der Waals surface area contributed by atoms with Crippen molar-refractivity contribution in [2.75, 3.05) is 22.4 Å². The minimum atomic E-state index is -3.59. The summed E-state index contributed by atoms with van der Waals surface area (Å²) in [7, 11) is -3.59. The van der Waals surface area contributed by atoms with Crippen LogP contribution in [0.4, 0.5) is 11.4 Å². The highest BCUT2D eigenvalue weighted by Gasteiger charge is 2.22. The molecule has 0 bridgehead atoms. The van der Waals surface area contributed by atoms with Crippen LogP contribution >= 0.6 is 0 Å². The standard InChI is InChI=1S/C20H26N2O3S/c1-5-16-11-9-12-17(6-2)20(16)21-19(23)14-22(26(4,24)25)18-13-8-7-10-15(18)3/h7-13H,5-6,14H2,1-4H3,(H,21,23). The van der Waals surface area contributed by atoms with E-state index in [4.69, 9.17) is 0 Å². The Hall–Kier alpha value is -2.34. The van der Waals surface area contributed by atoms with E-state index in [2.05, 4.69) is 5.32 Å². The Bertz CT molecular complexity index is 869. The number of hydrogen-bond donors (Lipinski definition) is 1. The number of para-hydroxylation sites is 2. The van der Waals surface area contributed by atoms with Gasteiger partial charge in [0.15, 0.2) is 0 Å². The lowest BCUT2D eigenvalue weighted by atomic mass is 10.0. The van der Waals surface area contributed by atoms with E-state index in [0.717, 1.165) is 45.8 Å². The molecule has 0 aliphatic carbocycles. The summed E-state index contributed by atoms with van der Waals surface area (Å²) in [5.41, 5.74) is 4.19. The van der Waals surface area contributed by atoms with Crippen molar-refractivity contribution >= 4 is 27.3 Å². The molecule has 2 aromatic carbocycles. The van der Waals surface area contributed by atoms with Crippen molar-refractivity contribution in [1.82, 2.24) is 0 Å². The molecule has 0 atom stereocenters. The first kappa shape index (κ1) is 20.0. The van der Waals surface area contributed by atoms with Crippen LogP contribution in [0, 0.1) is 6.92 Å². The second-order valence-corrected chi connectivity index (χ2v) is 8.17. The number of rotatable bonds is 7. The third kappa shape index (κ3) is 4.64. The molecule has 6 heteroatoms. The number of benzene rings is 2. The van der Waals surface area contributed by atoms with E-state index >= 15 is 0 Å². The fourth-order valence-corrected chi connectivity index (χ4v) is 3.85. The van der Waals surface area contributed by atoms with Gasteiger partial charge >= 0.3 is 0 Å². The highest BCUT2D eigenvalue weighted by Crippen LogP contribution is 2.24. The average molecular weight is 375 g/mol. The zero-order valence-corrected chi connectivity index (χ0v) is 16.6. The first-order chi connectivity index (χ1) is 12.3. The smallest absolute Gasteiger partial charge is 0.245 e. The van der Waals surface area contributed by atoms with Gasteiger partial charge in [-0.2, -0.15) is 0 Å². The Morgan fingerprint density at radius 2 is 1.58 bits per heavy atom. The van der Waals surface area contributed by atoms with Crippen molar-refractivity contribution in [3.8, 4) is 0 Å². The summed E-state index contributed by atoms with van der Waals surface area (Å²) in [6, 6.07) is 13.1. The topological polar surface area (TPSA) is 66.5 Å². The Morgan fingerprint density at radius 1 is 1.00 bits per heavy atom. The third-order valence-electron chi connectivity index (χ3n) is 4.33. The van der Waals surface area contributed by atoms with Crippen LogP contribution in [0.2, 0.25) is 0 Å². The summed E-state index contributed by atoms with van der Waals surface area (Å²) in [6.07, 6.45) is 2.69. The third-order valence-corrected chi connectivity index (χ3v) is 5.46. The zero-order chi connectivity index (χ0) is 19.3. The van der Waals surface area contributed by atoms with Crippen LogP contribution in [0.25, 0.3) is 0 Å². The average Bonchev–Trinajstić information content (AvgIpc) is 2.59. The molecule has 5 nitrogen and oxygen atoms in total. The van der Waals surface area contributed by atoms with E-state index in [1.807, 2.05) is 51.1 Å². The number of nitrogens with zero attached hydrogens (tertiary/aromatic N) is 1. The van der Waals surface area contributed by atoms with Crippen LogP contribution in [-0.2, 0) is 27.7 Å². The molecule has 0 saturated carbocycles. The van der Waals surface area contributed by atoms with E-state index < -0.39 is 10.0 Å². The molecule has 0 aromatic heterocycles. The number of nitrogens with one attached hydrogen (secondary N) is 1. The fourth-order valence-electron chi connectivity index (χ4n) is 2.94. The minimum Gasteiger partial charge on any atom is -0.324 e. The van der Waals surface area contributed by atoms with Gasteiger partial charge < -0.3 is 5.32 Å². The van der Waals surface area contributed by atoms with Gasteiger partial charge in [0, 0.05) is 5.69 Å². The van der Waals surface area contributed by atoms with Gasteiger partial charge in [0.05, 0.1) is 11.9 Å². The first-order valence-electron chi connectivity index (χ1n) is 8.71. The number of amides is 1. The van der Waals surface area contributed by atoms with Crippen molar-refractivity contribution < 1.29 is 13.2 Å². The van der Waals surface area contributed by atoms with Crippen LogP contribution in [0.5, 0.6) is 0 Å². The molecule has 1 N–H and O–H groups in total. The number of anilines is 2. The van der Waals surface area contributed by atoms with Gasteiger partial charge in [-0.15, -0.1) is 0 Å². The van der Waals surface area contributed by atoms with E-state index in [9.17, 15) is 13.2 Å². The van der Waals surface area contributed by atoms with Gasteiger partial charge in [-0.3, -0.25) is 9.10 Å². The summed E-state index contributed by atoms with van der Waals surface area (Å²) in [5.74, 6) is -0.353. The molecule has 0 aliphatic rings. The van der Waals surface area contributed by atoms with Crippen LogP contribution in [0.3, 0.4) is 0 Å². The first-order valence-corrected chi connectivity index (χ1v) is 10.6. The van der Waals surface area contributed by atoms with E-state index in [1.54, 1.807) is 12.1 Å². The molecule has 0 saturated heterocycles. The molecule has 2 rings (SSSR count). The quantitative estimate of drug-likeness (QED) is 0.806. The monoisotopic (exact) mass is 374 g/mol. The lowest BCUT2D eigenvalue weighted by molar-refractivity contribution is -0.114. The van der Waals surface area contributed by atoms with Crippen molar-refractivity contribution in [2.24, 2.45) is 0 Å². The number of sulfonamides is 1. The highest BCUT2D eigenvalue weighted by atomic mass is 32.2. The SMILES string of the molecule is CCc1cccc(CC)c1NC(=O)CN(c1ccccc1C)S(C)(=O)=O. The van der Waals surface area contributed by atoms with Crippen LogP contribution in [0.15, 0.2) is 42.5 Å². The summed E-state index contributed by atoms with van der Waals surface area (Å²) >= 11 is 0. The number of hydrogen-bond acceptors (Lipinski definition) is 3. The Morgan fingerprint density at radius 3 is 2.08 bits per heavy atom. The molecule has 0 aliphatic heterocycles. The molecule has 0 spiro atoms. The lowest BCUT2D eigenvalue weighted by Crippen LogP contribution is -2.38. The molecule has 0 unspecified atom stereocenters. The number of aryl methyl sites for hydroxylation is 3. The minimum absolute atomic E-state index is 0.259. The molecule has 26 heavy (non-hydrogen) atoms. The molecule has 1 amide bonds. The van der Waals surface area contributed by atoms with Gasteiger partial charge in [-0.1, -0.05) is 50.2 Å². The van der Waals surface area contributed by atoms with Crippen molar-refractivity contribution in [3.05, 3.63) is 59.2 Å². The Balaban J connectivity index is 2.31. The summed E-state index contributed by atoms with van der Waals surface area (Å²) in [6.45, 7) is 5.62. The normalized spacial score (nSPS) is 11.2. The van der Waals surface area contributed by atoms with Crippen molar-refractivity contribution in [3.63, 3.8) is 0 Å². The molecular weight excluding hydrogens is 348 g/mol. The van der Waals surface area contributed by atoms with Gasteiger partial charge in [0.2, 0.25) is 15.9 Å². The molecule has 2 aromatic rings. The van der Waals surface area contributed by atoms with Crippen LogP contribution in [-0.4, -0.2) is 27.1 Å².